The van der Waals surface area contributed by atoms with Gasteiger partial charge < -0.3 is 23.8 Å². The maximum atomic E-state index is 14.7. The molecule has 9 heteroatoms. The number of nitrogens with zero attached hydrogens (tertiary/aromatic N) is 4. The van der Waals surface area contributed by atoms with Gasteiger partial charge in [0.25, 0.3) is 11.8 Å². The number of rotatable bonds is 9. The summed E-state index contributed by atoms with van der Waals surface area (Å²) in [5.41, 5.74) is 3.12. The number of anilines is 2. The predicted molar refractivity (Wildman–Crippen MR) is 139 cm³/mol. The maximum Gasteiger partial charge on any atom is 0.307 e. The van der Waals surface area contributed by atoms with Crippen molar-refractivity contribution in [3.05, 3.63) is 53.3 Å². The molecule has 0 fully saturated rings. The average Bonchev–Trinajstić information content (AvgIpc) is 3.43. The van der Waals surface area contributed by atoms with Crippen molar-refractivity contribution in [1.29, 1.82) is 0 Å². The van der Waals surface area contributed by atoms with Gasteiger partial charge >= 0.3 is 5.97 Å². The average molecular weight is 511 g/mol. The summed E-state index contributed by atoms with van der Waals surface area (Å²) in [6.45, 7) is 11.4. The molecule has 0 saturated heterocycles. The van der Waals surface area contributed by atoms with Crippen LogP contribution in [-0.2, 0) is 22.5 Å². The van der Waals surface area contributed by atoms with Gasteiger partial charge in [-0.25, -0.2) is 4.39 Å². The predicted octanol–water partition coefficient (Wildman–Crippen LogP) is 5.52. The molecule has 1 aliphatic heterocycles. The van der Waals surface area contributed by atoms with Crippen LogP contribution in [0.15, 0.2) is 40.9 Å². The van der Waals surface area contributed by atoms with E-state index < -0.39 is 11.4 Å². The molecule has 0 N–H and O–H groups in total. The van der Waals surface area contributed by atoms with Crippen molar-refractivity contribution in [1.82, 2.24) is 15.0 Å². The number of esters is 1. The van der Waals surface area contributed by atoms with E-state index in [9.17, 15) is 9.18 Å². The third kappa shape index (κ3) is 6.85. The van der Waals surface area contributed by atoms with Crippen molar-refractivity contribution >= 4 is 17.6 Å². The van der Waals surface area contributed by atoms with Crippen molar-refractivity contribution in [2.24, 2.45) is 0 Å². The number of carbonyl (C=O) groups excluding carboxylic acids is 1. The van der Waals surface area contributed by atoms with E-state index in [0.29, 0.717) is 31.2 Å². The molecule has 0 bridgehead atoms. The molecule has 1 aromatic heterocycles. The zero-order valence-electron chi connectivity index (χ0n) is 22.4. The van der Waals surface area contributed by atoms with Gasteiger partial charge in [-0.05, 0) is 82.6 Å². The van der Waals surface area contributed by atoms with Gasteiger partial charge in [0.15, 0.2) is 0 Å². The number of hydrogen-bond acceptors (Lipinski definition) is 8. The largest absolute Gasteiger partial charge is 0.491 e. The topological polar surface area (TPSA) is 80.9 Å². The molecular formula is C28H35FN4O4. The fourth-order valence-corrected chi connectivity index (χ4v) is 4.28. The van der Waals surface area contributed by atoms with Crippen LogP contribution >= 0.6 is 0 Å². The Labute approximate surface area is 217 Å². The number of ether oxygens (including phenoxy) is 2. The SMILES string of the molecule is CC(C)Oc1ccc(-c2nc(N3CCc4cc(CN(C)CCC(=O)OC(C)(C)C)ccc43)no2)c(F)c1. The highest BCUT2D eigenvalue weighted by Crippen LogP contribution is 2.35. The van der Waals surface area contributed by atoms with Gasteiger partial charge in [-0.3, -0.25) is 4.79 Å². The van der Waals surface area contributed by atoms with Crippen molar-refractivity contribution in [2.75, 3.05) is 25.0 Å². The summed E-state index contributed by atoms with van der Waals surface area (Å²) < 4.78 is 31.0. The molecule has 4 rings (SSSR count). The standard InChI is InChI=1S/C28H35FN4O4/c1-18(2)35-21-8-9-22(23(29)16-21)26-30-27(31-37-26)33-14-11-20-15-19(7-10-24(20)33)17-32(6)13-12-25(34)36-28(3,4)5/h7-10,15-16,18H,11-14,17H2,1-6H3. The van der Waals surface area contributed by atoms with Gasteiger partial charge in [0.2, 0.25) is 0 Å². The third-order valence-corrected chi connectivity index (χ3v) is 5.81. The van der Waals surface area contributed by atoms with Gasteiger partial charge in [-0.1, -0.05) is 12.1 Å². The van der Waals surface area contributed by atoms with Gasteiger partial charge in [0.05, 0.1) is 18.1 Å². The highest BCUT2D eigenvalue weighted by atomic mass is 19.1. The van der Waals surface area contributed by atoms with Crippen LogP contribution in [0.4, 0.5) is 16.0 Å². The van der Waals surface area contributed by atoms with Crippen LogP contribution in [-0.4, -0.2) is 52.9 Å². The van der Waals surface area contributed by atoms with Crippen LogP contribution < -0.4 is 9.64 Å². The second-order valence-corrected chi connectivity index (χ2v) is 10.6. The van der Waals surface area contributed by atoms with Crippen LogP contribution in [0.3, 0.4) is 0 Å². The van der Waals surface area contributed by atoms with E-state index in [-0.39, 0.29) is 23.5 Å². The van der Waals surface area contributed by atoms with E-state index in [1.165, 1.54) is 11.6 Å². The third-order valence-electron chi connectivity index (χ3n) is 5.81. The Morgan fingerprint density at radius 2 is 2.00 bits per heavy atom. The summed E-state index contributed by atoms with van der Waals surface area (Å²) in [7, 11) is 1.99. The molecule has 2 heterocycles. The highest BCUT2D eigenvalue weighted by molar-refractivity contribution is 5.70. The molecule has 0 amide bonds. The van der Waals surface area contributed by atoms with Crippen LogP contribution in [0.5, 0.6) is 5.75 Å². The number of carbonyl (C=O) groups is 1. The van der Waals surface area contributed by atoms with E-state index in [1.807, 2.05) is 52.6 Å². The monoisotopic (exact) mass is 510 g/mol. The number of benzene rings is 2. The second-order valence-electron chi connectivity index (χ2n) is 10.6. The molecule has 0 unspecified atom stereocenters. The number of fused-ring (bicyclic) bond motifs is 1. The van der Waals surface area contributed by atoms with E-state index in [2.05, 4.69) is 27.2 Å². The zero-order valence-corrected chi connectivity index (χ0v) is 22.4. The molecule has 0 atom stereocenters. The Morgan fingerprint density at radius 3 is 2.70 bits per heavy atom. The first-order valence-electron chi connectivity index (χ1n) is 12.6. The van der Waals surface area contributed by atoms with Crippen LogP contribution in [0.2, 0.25) is 0 Å². The summed E-state index contributed by atoms with van der Waals surface area (Å²) in [6, 6.07) is 10.9. The summed E-state index contributed by atoms with van der Waals surface area (Å²) in [5.74, 6) is 0.313. The minimum absolute atomic E-state index is 0.0476. The van der Waals surface area contributed by atoms with Crippen LogP contribution in [0.1, 0.15) is 52.2 Å². The molecule has 8 nitrogen and oxygen atoms in total. The first kappa shape index (κ1) is 26.6. The van der Waals surface area contributed by atoms with Gasteiger partial charge in [-0.15, -0.1) is 0 Å². The van der Waals surface area contributed by atoms with Crippen molar-refractivity contribution in [3.63, 3.8) is 0 Å². The number of hydrogen-bond donors (Lipinski definition) is 0. The summed E-state index contributed by atoms with van der Waals surface area (Å²) in [5, 5.41) is 4.11. The quantitative estimate of drug-likeness (QED) is 0.348. The van der Waals surface area contributed by atoms with E-state index in [0.717, 1.165) is 24.2 Å². The Balaban J connectivity index is 1.40. The first-order valence-corrected chi connectivity index (χ1v) is 12.6. The lowest BCUT2D eigenvalue weighted by atomic mass is 10.1. The lowest BCUT2D eigenvalue weighted by Crippen LogP contribution is -2.27. The lowest BCUT2D eigenvalue weighted by Gasteiger charge is -2.21. The molecule has 0 aliphatic carbocycles. The minimum Gasteiger partial charge on any atom is -0.491 e. The molecule has 0 saturated carbocycles. The lowest BCUT2D eigenvalue weighted by molar-refractivity contribution is -0.155. The smallest absolute Gasteiger partial charge is 0.307 e. The number of aromatic nitrogens is 2. The van der Waals surface area contributed by atoms with Crippen LogP contribution in [0.25, 0.3) is 11.5 Å². The molecule has 2 aromatic carbocycles. The Kier molecular flexibility index (Phi) is 7.82. The Hall–Kier alpha value is -3.46. The summed E-state index contributed by atoms with van der Waals surface area (Å²) >= 11 is 0. The second kappa shape index (κ2) is 10.9. The number of halogens is 1. The maximum absolute atomic E-state index is 14.7. The first-order chi connectivity index (χ1) is 17.5. The van der Waals surface area contributed by atoms with Crippen molar-refractivity contribution in [3.8, 4) is 17.2 Å². The molecule has 1 aliphatic rings. The summed E-state index contributed by atoms with van der Waals surface area (Å²) in [4.78, 5) is 20.6. The van der Waals surface area contributed by atoms with Gasteiger partial charge in [-0.2, -0.15) is 4.98 Å². The summed E-state index contributed by atoms with van der Waals surface area (Å²) in [6.07, 6.45) is 1.14. The van der Waals surface area contributed by atoms with E-state index >= 15 is 0 Å². The van der Waals surface area contributed by atoms with E-state index in [4.69, 9.17) is 14.0 Å². The highest BCUT2D eigenvalue weighted by Gasteiger charge is 2.26. The fourth-order valence-electron chi connectivity index (χ4n) is 4.28. The fraction of sp³-hybridized carbons (Fsp3) is 0.464. The van der Waals surface area contributed by atoms with Crippen LogP contribution in [0, 0.1) is 5.82 Å². The zero-order chi connectivity index (χ0) is 26.7. The minimum atomic E-state index is -0.476. The van der Waals surface area contributed by atoms with Crippen molar-refractivity contribution < 1.29 is 23.2 Å². The van der Waals surface area contributed by atoms with Gasteiger partial charge in [0, 0.05) is 31.4 Å². The normalized spacial score (nSPS) is 13.4. The molecule has 198 valence electrons. The molecule has 37 heavy (non-hydrogen) atoms. The van der Waals surface area contributed by atoms with Crippen molar-refractivity contribution in [2.45, 2.75) is 65.7 Å². The molecule has 3 aromatic rings. The van der Waals surface area contributed by atoms with Gasteiger partial charge in [0.1, 0.15) is 17.2 Å². The van der Waals surface area contributed by atoms with E-state index in [1.54, 1.807) is 12.1 Å². The molecule has 0 radical (unpaired) electrons. The Bertz CT molecular complexity index is 1250. The Morgan fingerprint density at radius 1 is 1.22 bits per heavy atom. The molecular weight excluding hydrogens is 475 g/mol. The molecule has 0 spiro atoms.